The van der Waals surface area contributed by atoms with Gasteiger partial charge in [-0.2, -0.15) is 0 Å². The molecule has 146 valence electrons. The summed E-state index contributed by atoms with van der Waals surface area (Å²) in [6.45, 7) is 2.82. The summed E-state index contributed by atoms with van der Waals surface area (Å²) in [5.41, 5.74) is 3.50. The Bertz CT molecular complexity index is 877. The maximum atomic E-state index is 5.82. The summed E-state index contributed by atoms with van der Waals surface area (Å²) < 4.78 is 16.4. The van der Waals surface area contributed by atoms with Crippen LogP contribution >= 0.6 is 0 Å². The number of nitrogens with zero attached hydrogens (tertiary/aromatic N) is 2. The van der Waals surface area contributed by atoms with Crippen LogP contribution in [0, 0.1) is 0 Å². The van der Waals surface area contributed by atoms with Crippen molar-refractivity contribution in [3.63, 3.8) is 0 Å². The van der Waals surface area contributed by atoms with Gasteiger partial charge in [0.05, 0.1) is 32.7 Å². The first-order valence-electron chi connectivity index (χ1n) is 9.54. The van der Waals surface area contributed by atoms with Crippen molar-refractivity contribution >= 4 is 0 Å². The molecule has 0 unspecified atom stereocenters. The predicted molar refractivity (Wildman–Crippen MR) is 111 cm³/mol. The van der Waals surface area contributed by atoms with Gasteiger partial charge in [0.15, 0.2) is 0 Å². The van der Waals surface area contributed by atoms with E-state index in [0.29, 0.717) is 12.5 Å². The molecule has 0 saturated carbocycles. The molecule has 5 nitrogen and oxygen atoms in total. The molecule has 28 heavy (non-hydrogen) atoms. The predicted octanol–water partition coefficient (Wildman–Crippen LogP) is 5.40. The highest BCUT2D eigenvalue weighted by Gasteiger charge is 2.13. The lowest BCUT2D eigenvalue weighted by atomic mass is 10.0. The zero-order valence-electron chi connectivity index (χ0n) is 16.6. The van der Waals surface area contributed by atoms with E-state index in [1.165, 1.54) is 0 Å². The standard InChI is InChI=1S/C23H26N2O3/c1-4-5-6-15-28-21-16-24-22(17-7-11-19(26-2)12-8-17)23(25-21)18-9-13-20(27-3)14-10-18/h7-14,16H,4-6,15H2,1-3H3. The highest BCUT2D eigenvalue weighted by atomic mass is 16.5. The fourth-order valence-corrected chi connectivity index (χ4v) is 2.88. The zero-order valence-corrected chi connectivity index (χ0v) is 16.6. The molecule has 0 aliphatic carbocycles. The smallest absolute Gasteiger partial charge is 0.232 e. The molecule has 3 aromatic rings. The van der Waals surface area contributed by atoms with Crippen LogP contribution in [0.25, 0.3) is 22.5 Å². The third kappa shape index (κ3) is 4.80. The molecule has 3 rings (SSSR count). The summed E-state index contributed by atoms with van der Waals surface area (Å²) >= 11 is 0. The molecule has 0 bridgehead atoms. The van der Waals surface area contributed by atoms with Gasteiger partial charge in [-0.3, -0.25) is 0 Å². The SMILES string of the molecule is CCCCCOc1cnc(-c2ccc(OC)cc2)c(-c2ccc(OC)cc2)n1. The number of hydrogen-bond donors (Lipinski definition) is 0. The molecule has 1 aromatic heterocycles. The Morgan fingerprint density at radius 1 is 0.750 bits per heavy atom. The van der Waals surface area contributed by atoms with E-state index < -0.39 is 0 Å². The molecule has 0 radical (unpaired) electrons. The van der Waals surface area contributed by atoms with Crippen molar-refractivity contribution in [2.45, 2.75) is 26.2 Å². The maximum absolute atomic E-state index is 5.82. The Hall–Kier alpha value is -3.08. The van der Waals surface area contributed by atoms with Gasteiger partial charge in [0.25, 0.3) is 0 Å². The fraction of sp³-hybridized carbons (Fsp3) is 0.304. The lowest BCUT2D eigenvalue weighted by molar-refractivity contribution is 0.294. The van der Waals surface area contributed by atoms with Crippen molar-refractivity contribution in [2.75, 3.05) is 20.8 Å². The number of unbranched alkanes of at least 4 members (excludes halogenated alkanes) is 2. The quantitative estimate of drug-likeness (QED) is 0.467. The topological polar surface area (TPSA) is 53.5 Å². The lowest BCUT2D eigenvalue weighted by Crippen LogP contribution is -2.02. The van der Waals surface area contributed by atoms with Crippen LogP contribution in [-0.2, 0) is 0 Å². The molecule has 0 spiro atoms. The Kier molecular flexibility index (Phi) is 6.84. The molecule has 2 aromatic carbocycles. The summed E-state index contributed by atoms with van der Waals surface area (Å²) in [6.07, 6.45) is 5.00. The summed E-state index contributed by atoms with van der Waals surface area (Å²) in [5.74, 6) is 2.15. The third-order valence-electron chi connectivity index (χ3n) is 4.48. The second kappa shape index (κ2) is 9.74. The van der Waals surface area contributed by atoms with Crippen LogP contribution < -0.4 is 14.2 Å². The monoisotopic (exact) mass is 378 g/mol. The third-order valence-corrected chi connectivity index (χ3v) is 4.48. The van der Waals surface area contributed by atoms with Crippen molar-refractivity contribution in [3.8, 4) is 39.9 Å². The lowest BCUT2D eigenvalue weighted by Gasteiger charge is -2.12. The highest BCUT2D eigenvalue weighted by Crippen LogP contribution is 2.32. The fourth-order valence-electron chi connectivity index (χ4n) is 2.88. The van der Waals surface area contributed by atoms with E-state index in [1.54, 1.807) is 20.4 Å². The van der Waals surface area contributed by atoms with Gasteiger partial charge in [-0.15, -0.1) is 0 Å². The second-order valence-electron chi connectivity index (χ2n) is 6.42. The molecule has 0 atom stereocenters. The molecule has 0 aliphatic rings. The molecule has 1 heterocycles. The molecule has 0 fully saturated rings. The van der Waals surface area contributed by atoms with Crippen molar-refractivity contribution in [1.29, 1.82) is 0 Å². The molecule has 0 saturated heterocycles. The number of aromatic nitrogens is 2. The van der Waals surface area contributed by atoms with E-state index in [9.17, 15) is 0 Å². The van der Waals surface area contributed by atoms with Gasteiger partial charge < -0.3 is 14.2 Å². The molecule has 0 N–H and O–H groups in total. The van der Waals surface area contributed by atoms with E-state index in [-0.39, 0.29) is 0 Å². The van der Waals surface area contributed by atoms with Crippen molar-refractivity contribution < 1.29 is 14.2 Å². The van der Waals surface area contributed by atoms with E-state index in [2.05, 4.69) is 11.9 Å². The Balaban J connectivity index is 1.96. The van der Waals surface area contributed by atoms with Gasteiger partial charge >= 0.3 is 0 Å². The van der Waals surface area contributed by atoms with Crippen LogP contribution in [0.3, 0.4) is 0 Å². The average molecular weight is 378 g/mol. The summed E-state index contributed by atoms with van der Waals surface area (Å²) in [4.78, 5) is 9.42. The van der Waals surface area contributed by atoms with E-state index >= 15 is 0 Å². The minimum Gasteiger partial charge on any atom is -0.497 e. The first-order valence-corrected chi connectivity index (χ1v) is 9.54. The molecule has 0 aliphatic heterocycles. The highest BCUT2D eigenvalue weighted by molar-refractivity contribution is 5.78. The van der Waals surface area contributed by atoms with Crippen molar-refractivity contribution in [3.05, 3.63) is 54.7 Å². The van der Waals surface area contributed by atoms with E-state index in [0.717, 1.165) is 53.3 Å². The minimum atomic E-state index is 0.541. The molecular weight excluding hydrogens is 352 g/mol. The normalized spacial score (nSPS) is 10.5. The minimum absolute atomic E-state index is 0.541. The van der Waals surface area contributed by atoms with Crippen LogP contribution in [0.4, 0.5) is 0 Å². The maximum Gasteiger partial charge on any atom is 0.232 e. The number of benzene rings is 2. The van der Waals surface area contributed by atoms with Crippen molar-refractivity contribution in [2.24, 2.45) is 0 Å². The van der Waals surface area contributed by atoms with Gasteiger partial charge in [-0.25, -0.2) is 9.97 Å². The van der Waals surface area contributed by atoms with Crippen LogP contribution in [0.15, 0.2) is 54.7 Å². The van der Waals surface area contributed by atoms with Crippen LogP contribution in [0.5, 0.6) is 17.4 Å². The summed E-state index contributed by atoms with van der Waals surface area (Å²) in [6, 6.07) is 15.6. The Labute approximate surface area is 166 Å². The largest absolute Gasteiger partial charge is 0.497 e. The van der Waals surface area contributed by atoms with E-state index in [4.69, 9.17) is 19.2 Å². The Morgan fingerprint density at radius 2 is 1.32 bits per heavy atom. The van der Waals surface area contributed by atoms with Gasteiger partial charge in [0.2, 0.25) is 5.88 Å². The number of rotatable bonds is 9. The summed E-state index contributed by atoms with van der Waals surface area (Å²) in [5, 5.41) is 0. The number of methoxy groups -OCH3 is 2. The number of ether oxygens (including phenoxy) is 3. The Morgan fingerprint density at radius 3 is 1.86 bits per heavy atom. The second-order valence-corrected chi connectivity index (χ2v) is 6.42. The van der Waals surface area contributed by atoms with Crippen LogP contribution in [0.1, 0.15) is 26.2 Å². The molecule has 5 heteroatoms. The zero-order chi connectivity index (χ0) is 19.8. The molecule has 0 amide bonds. The first kappa shape index (κ1) is 19.7. The van der Waals surface area contributed by atoms with Gasteiger partial charge in [0.1, 0.15) is 17.2 Å². The molecular formula is C23H26N2O3. The van der Waals surface area contributed by atoms with Crippen LogP contribution in [0.2, 0.25) is 0 Å². The average Bonchev–Trinajstić information content (AvgIpc) is 2.77. The van der Waals surface area contributed by atoms with Gasteiger partial charge in [-0.1, -0.05) is 19.8 Å². The van der Waals surface area contributed by atoms with E-state index in [1.807, 2.05) is 48.5 Å². The van der Waals surface area contributed by atoms with Gasteiger partial charge in [0, 0.05) is 11.1 Å². The van der Waals surface area contributed by atoms with Crippen molar-refractivity contribution in [1.82, 2.24) is 9.97 Å². The van der Waals surface area contributed by atoms with Crippen LogP contribution in [-0.4, -0.2) is 30.8 Å². The number of hydrogen-bond acceptors (Lipinski definition) is 5. The summed E-state index contributed by atoms with van der Waals surface area (Å²) in [7, 11) is 3.31. The first-order chi connectivity index (χ1) is 13.7. The van der Waals surface area contributed by atoms with Gasteiger partial charge in [-0.05, 0) is 55.0 Å².